The summed E-state index contributed by atoms with van der Waals surface area (Å²) in [5.41, 5.74) is 3.77. The molecule has 4 rings (SSSR count). The van der Waals surface area contributed by atoms with Gasteiger partial charge in [0.25, 0.3) is 5.69 Å². The van der Waals surface area contributed by atoms with Crippen molar-refractivity contribution in [1.82, 2.24) is 20.1 Å². The number of nitro benzene ring substituents is 1. The minimum atomic E-state index is -0.480. The molecule has 3 aromatic carbocycles. The minimum Gasteiger partial charge on any atom is -0.462 e. The number of anilines is 1. The van der Waals surface area contributed by atoms with Crippen LogP contribution in [0.2, 0.25) is 0 Å². The summed E-state index contributed by atoms with van der Waals surface area (Å²) < 4.78 is 6.73. The predicted octanol–water partition coefficient (Wildman–Crippen LogP) is 5.27. The van der Waals surface area contributed by atoms with E-state index in [1.165, 1.54) is 23.9 Å². The number of urea groups is 1. The number of esters is 1. The number of ether oxygens (including phenoxy) is 1. The Hall–Kier alpha value is -4.71. The highest BCUT2D eigenvalue weighted by Crippen LogP contribution is 2.27. The van der Waals surface area contributed by atoms with Crippen LogP contribution in [-0.4, -0.2) is 38.3 Å². The van der Waals surface area contributed by atoms with E-state index in [4.69, 9.17) is 4.74 Å². The zero-order valence-corrected chi connectivity index (χ0v) is 22.1. The van der Waals surface area contributed by atoms with Crippen molar-refractivity contribution in [3.05, 3.63) is 105 Å². The first-order valence-corrected chi connectivity index (χ1v) is 13.0. The van der Waals surface area contributed by atoms with Gasteiger partial charge in [-0.25, -0.2) is 9.59 Å². The Bertz CT molecular complexity index is 1470. The van der Waals surface area contributed by atoms with Gasteiger partial charge in [0, 0.05) is 29.3 Å². The van der Waals surface area contributed by atoms with Gasteiger partial charge in [-0.1, -0.05) is 36.0 Å². The maximum atomic E-state index is 12.6. The molecule has 0 bridgehead atoms. The summed E-state index contributed by atoms with van der Waals surface area (Å²) in [6.07, 6.45) is 0. The lowest BCUT2D eigenvalue weighted by Crippen LogP contribution is -2.29. The number of thioether (sulfide) groups is 1. The van der Waals surface area contributed by atoms with Crippen LogP contribution in [0, 0.1) is 17.0 Å². The van der Waals surface area contributed by atoms with E-state index in [1.54, 1.807) is 47.9 Å². The highest BCUT2D eigenvalue weighted by atomic mass is 32.2. The fraction of sp³-hybridized carbons (Fsp3) is 0.185. The number of nitrogens with one attached hydrogen (secondary N) is 2. The van der Waals surface area contributed by atoms with Gasteiger partial charge in [0.1, 0.15) is 0 Å². The van der Waals surface area contributed by atoms with Crippen molar-refractivity contribution in [2.75, 3.05) is 11.9 Å². The third-order valence-corrected chi connectivity index (χ3v) is 6.68. The van der Waals surface area contributed by atoms with Crippen molar-refractivity contribution in [1.29, 1.82) is 0 Å². The van der Waals surface area contributed by atoms with Gasteiger partial charge in [-0.3, -0.25) is 14.7 Å². The summed E-state index contributed by atoms with van der Waals surface area (Å²) in [5, 5.41) is 25.8. The van der Waals surface area contributed by atoms with E-state index in [1.807, 2.05) is 31.2 Å². The first-order valence-electron chi connectivity index (χ1n) is 12.0. The number of nitrogens with zero attached hydrogens (tertiary/aromatic N) is 4. The van der Waals surface area contributed by atoms with Crippen molar-refractivity contribution in [2.24, 2.45) is 0 Å². The molecule has 2 amide bonds. The molecule has 39 heavy (non-hydrogen) atoms. The average molecular weight is 547 g/mol. The molecule has 0 aliphatic heterocycles. The number of aromatic nitrogens is 3. The minimum absolute atomic E-state index is 0.0334. The Morgan fingerprint density at radius 2 is 1.74 bits per heavy atom. The Kier molecular flexibility index (Phi) is 8.90. The molecule has 0 saturated carbocycles. The predicted molar refractivity (Wildman–Crippen MR) is 147 cm³/mol. The Labute approximate surface area is 228 Å². The number of rotatable bonds is 10. The van der Waals surface area contributed by atoms with Crippen molar-refractivity contribution >= 4 is 35.1 Å². The second-order valence-electron chi connectivity index (χ2n) is 8.33. The fourth-order valence-electron chi connectivity index (χ4n) is 3.64. The SMILES string of the molecule is CCOC(=O)c1ccc(NC(=O)NCc2nnc(SCc3ccccc3C)n2-c2ccc([N+](=O)[O-])cc2)cc1. The molecule has 0 aliphatic carbocycles. The fourth-order valence-corrected chi connectivity index (χ4v) is 4.69. The van der Waals surface area contributed by atoms with Gasteiger partial charge in [-0.05, 0) is 61.4 Å². The van der Waals surface area contributed by atoms with E-state index in [0.717, 1.165) is 11.1 Å². The van der Waals surface area contributed by atoms with Crippen LogP contribution in [0.1, 0.15) is 34.2 Å². The highest BCUT2D eigenvalue weighted by molar-refractivity contribution is 7.98. The molecule has 1 heterocycles. The summed E-state index contributed by atoms with van der Waals surface area (Å²) in [4.78, 5) is 35.1. The monoisotopic (exact) mass is 546 g/mol. The molecule has 2 N–H and O–H groups in total. The molecule has 0 atom stereocenters. The zero-order valence-electron chi connectivity index (χ0n) is 21.3. The van der Waals surface area contributed by atoms with Crippen molar-refractivity contribution in [2.45, 2.75) is 31.3 Å². The maximum Gasteiger partial charge on any atom is 0.338 e. The van der Waals surface area contributed by atoms with E-state index >= 15 is 0 Å². The third kappa shape index (κ3) is 6.99. The normalized spacial score (nSPS) is 10.6. The van der Waals surface area contributed by atoms with Crippen LogP contribution in [0.25, 0.3) is 5.69 Å². The third-order valence-electron chi connectivity index (χ3n) is 5.70. The van der Waals surface area contributed by atoms with Crippen LogP contribution >= 0.6 is 11.8 Å². The van der Waals surface area contributed by atoms with E-state index in [-0.39, 0.29) is 18.8 Å². The molecule has 0 unspecified atom stereocenters. The van der Waals surface area contributed by atoms with Gasteiger partial charge in [0.05, 0.1) is 23.6 Å². The maximum absolute atomic E-state index is 12.6. The van der Waals surface area contributed by atoms with Crippen LogP contribution in [-0.2, 0) is 17.0 Å². The molecule has 200 valence electrons. The number of benzene rings is 3. The molecule has 0 fully saturated rings. The van der Waals surface area contributed by atoms with Crippen molar-refractivity contribution in [3.63, 3.8) is 0 Å². The molecule has 0 radical (unpaired) electrons. The topological polar surface area (TPSA) is 141 Å². The Morgan fingerprint density at radius 1 is 1.03 bits per heavy atom. The number of hydrogen-bond donors (Lipinski definition) is 2. The van der Waals surface area contributed by atoms with E-state index < -0.39 is 16.9 Å². The molecule has 11 nitrogen and oxygen atoms in total. The number of nitro groups is 1. The average Bonchev–Trinajstić information content (AvgIpc) is 3.34. The number of carbonyl (C=O) groups excluding carboxylic acids is 2. The smallest absolute Gasteiger partial charge is 0.338 e. The molecule has 4 aromatic rings. The molecule has 0 spiro atoms. The molecule has 0 saturated heterocycles. The lowest BCUT2D eigenvalue weighted by molar-refractivity contribution is -0.384. The number of non-ortho nitro benzene ring substituents is 1. The number of hydrogen-bond acceptors (Lipinski definition) is 8. The number of aryl methyl sites for hydroxylation is 1. The second-order valence-corrected chi connectivity index (χ2v) is 9.27. The van der Waals surface area contributed by atoms with E-state index in [2.05, 4.69) is 20.8 Å². The van der Waals surface area contributed by atoms with Crippen LogP contribution in [0.4, 0.5) is 16.2 Å². The molecule has 12 heteroatoms. The van der Waals surface area contributed by atoms with Crippen LogP contribution in [0.5, 0.6) is 0 Å². The molecule has 0 aliphatic rings. The molecular weight excluding hydrogens is 520 g/mol. The quantitative estimate of drug-likeness (QED) is 0.119. The van der Waals surface area contributed by atoms with Crippen LogP contribution in [0.3, 0.4) is 0 Å². The number of carbonyl (C=O) groups is 2. The Balaban J connectivity index is 1.49. The van der Waals surface area contributed by atoms with Gasteiger partial charge in [0.15, 0.2) is 11.0 Å². The van der Waals surface area contributed by atoms with Gasteiger partial charge in [-0.2, -0.15) is 0 Å². The summed E-state index contributed by atoms with van der Waals surface area (Å²) >= 11 is 1.47. The van der Waals surface area contributed by atoms with Gasteiger partial charge in [0.2, 0.25) is 0 Å². The largest absolute Gasteiger partial charge is 0.462 e. The summed E-state index contributed by atoms with van der Waals surface area (Å²) in [5.74, 6) is 0.659. The van der Waals surface area contributed by atoms with Gasteiger partial charge in [-0.15, -0.1) is 10.2 Å². The summed E-state index contributed by atoms with van der Waals surface area (Å²) in [6, 6.07) is 20.0. The lowest BCUT2D eigenvalue weighted by atomic mass is 10.1. The van der Waals surface area contributed by atoms with E-state index in [0.29, 0.717) is 33.7 Å². The van der Waals surface area contributed by atoms with Crippen molar-refractivity contribution < 1.29 is 19.2 Å². The second kappa shape index (κ2) is 12.7. The highest BCUT2D eigenvalue weighted by Gasteiger charge is 2.17. The standard InChI is InChI=1S/C27H26N6O5S/c1-3-38-25(34)19-8-10-21(11-9-19)29-26(35)28-16-24-30-31-27(39-17-20-7-5-4-6-18(20)2)32(24)22-12-14-23(15-13-22)33(36)37/h4-15H,3,16-17H2,1-2H3,(H2,28,29,35). The molecular formula is C27H26N6O5S. The number of amides is 2. The van der Waals surface area contributed by atoms with Gasteiger partial charge < -0.3 is 15.4 Å². The van der Waals surface area contributed by atoms with Gasteiger partial charge >= 0.3 is 12.0 Å². The zero-order chi connectivity index (χ0) is 27.8. The van der Waals surface area contributed by atoms with Crippen LogP contribution < -0.4 is 10.6 Å². The first-order chi connectivity index (χ1) is 18.9. The van der Waals surface area contributed by atoms with Crippen LogP contribution in [0.15, 0.2) is 78.0 Å². The first kappa shape index (κ1) is 27.3. The Morgan fingerprint density at radius 3 is 2.41 bits per heavy atom. The summed E-state index contributed by atoms with van der Waals surface area (Å²) in [6.45, 7) is 4.08. The molecule has 1 aromatic heterocycles. The van der Waals surface area contributed by atoms with Crippen molar-refractivity contribution in [3.8, 4) is 5.69 Å². The lowest BCUT2D eigenvalue weighted by Gasteiger charge is -2.12. The van der Waals surface area contributed by atoms with E-state index in [9.17, 15) is 19.7 Å². The summed E-state index contributed by atoms with van der Waals surface area (Å²) in [7, 11) is 0.